The first-order valence-corrected chi connectivity index (χ1v) is 10.7. The predicted molar refractivity (Wildman–Crippen MR) is 125 cm³/mol. The van der Waals surface area contributed by atoms with Gasteiger partial charge in [-0.25, -0.2) is 9.97 Å². The standard InChI is InChI=1S/C25H28N4O3/c1-17-5-7-19(8-6-17)24-26-18(2)13-23(27-24)28-9-11-29(12-10-28)25(30)20-14-21(31-3)16-22(15-20)32-4/h5-8,13-16H,9-12H2,1-4H3. The minimum Gasteiger partial charge on any atom is -0.497 e. The lowest BCUT2D eigenvalue weighted by molar-refractivity contribution is 0.0745. The van der Waals surface area contributed by atoms with Crippen LogP contribution in [0.4, 0.5) is 5.82 Å². The van der Waals surface area contributed by atoms with Gasteiger partial charge in [0.05, 0.1) is 14.2 Å². The SMILES string of the molecule is COc1cc(OC)cc(C(=O)N2CCN(c3cc(C)nc(-c4ccc(C)cc4)n3)CC2)c1. The number of amides is 1. The lowest BCUT2D eigenvalue weighted by atomic mass is 10.1. The van der Waals surface area contributed by atoms with E-state index in [9.17, 15) is 4.79 Å². The Balaban J connectivity index is 1.48. The van der Waals surface area contributed by atoms with Crippen molar-refractivity contribution in [2.45, 2.75) is 13.8 Å². The lowest BCUT2D eigenvalue weighted by Gasteiger charge is -2.35. The van der Waals surface area contributed by atoms with Crippen LogP contribution in [0.2, 0.25) is 0 Å². The van der Waals surface area contributed by atoms with Gasteiger partial charge in [-0.05, 0) is 26.0 Å². The maximum atomic E-state index is 13.1. The number of aromatic nitrogens is 2. The van der Waals surface area contributed by atoms with Crippen LogP contribution in [0.3, 0.4) is 0 Å². The zero-order valence-corrected chi connectivity index (χ0v) is 19.0. The number of anilines is 1. The fraction of sp³-hybridized carbons (Fsp3) is 0.320. The number of hydrogen-bond acceptors (Lipinski definition) is 6. The number of ether oxygens (including phenoxy) is 2. The average Bonchev–Trinajstić information content (AvgIpc) is 2.83. The van der Waals surface area contributed by atoms with Crippen LogP contribution in [-0.4, -0.2) is 61.2 Å². The van der Waals surface area contributed by atoms with Crippen LogP contribution in [0, 0.1) is 13.8 Å². The molecule has 1 saturated heterocycles. The van der Waals surface area contributed by atoms with E-state index in [1.807, 2.05) is 30.0 Å². The zero-order chi connectivity index (χ0) is 22.7. The number of benzene rings is 2. The number of carbonyl (C=O) groups is 1. The van der Waals surface area contributed by atoms with Gasteiger partial charge in [0, 0.05) is 55.1 Å². The van der Waals surface area contributed by atoms with Crippen molar-refractivity contribution in [3.05, 3.63) is 65.4 Å². The van der Waals surface area contributed by atoms with Gasteiger partial charge >= 0.3 is 0 Å². The van der Waals surface area contributed by atoms with Gasteiger partial charge in [0.2, 0.25) is 0 Å². The normalized spacial score (nSPS) is 13.8. The molecule has 0 N–H and O–H groups in total. The Bertz CT molecular complexity index is 1080. The molecule has 0 bridgehead atoms. The molecular weight excluding hydrogens is 404 g/mol. The smallest absolute Gasteiger partial charge is 0.254 e. The van der Waals surface area contributed by atoms with E-state index in [4.69, 9.17) is 14.5 Å². The van der Waals surface area contributed by atoms with Gasteiger partial charge in [-0.3, -0.25) is 4.79 Å². The summed E-state index contributed by atoms with van der Waals surface area (Å²) in [5, 5.41) is 0. The van der Waals surface area contributed by atoms with Crippen LogP contribution in [0.25, 0.3) is 11.4 Å². The average molecular weight is 433 g/mol. The molecule has 166 valence electrons. The summed E-state index contributed by atoms with van der Waals surface area (Å²) in [6, 6.07) is 15.5. The summed E-state index contributed by atoms with van der Waals surface area (Å²) in [6.07, 6.45) is 0. The third kappa shape index (κ3) is 4.66. The van der Waals surface area contributed by atoms with Crippen molar-refractivity contribution in [2.75, 3.05) is 45.3 Å². The topological polar surface area (TPSA) is 67.8 Å². The fourth-order valence-corrected chi connectivity index (χ4v) is 3.80. The second-order valence-electron chi connectivity index (χ2n) is 7.94. The highest BCUT2D eigenvalue weighted by Crippen LogP contribution is 2.25. The van der Waals surface area contributed by atoms with Gasteiger partial charge < -0.3 is 19.3 Å². The number of rotatable bonds is 5. The van der Waals surface area contributed by atoms with Crippen LogP contribution in [-0.2, 0) is 0 Å². The summed E-state index contributed by atoms with van der Waals surface area (Å²) >= 11 is 0. The number of aryl methyl sites for hydroxylation is 2. The molecular formula is C25H28N4O3. The van der Waals surface area contributed by atoms with Crippen LogP contribution in [0.15, 0.2) is 48.5 Å². The fourth-order valence-electron chi connectivity index (χ4n) is 3.80. The Hall–Kier alpha value is -3.61. The number of piperazine rings is 1. The Morgan fingerprint density at radius 3 is 2.06 bits per heavy atom. The maximum absolute atomic E-state index is 13.1. The highest BCUT2D eigenvalue weighted by molar-refractivity contribution is 5.95. The minimum atomic E-state index is -0.0268. The van der Waals surface area contributed by atoms with Crippen molar-refractivity contribution in [2.24, 2.45) is 0 Å². The van der Waals surface area contributed by atoms with Crippen molar-refractivity contribution in [1.29, 1.82) is 0 Å². The second-order valence-corrected chi connectivity index (χ2v) is 7.94. The van der Waals surface area contributed by atoms with E-state index in [1.165, 1.54) is 5.56 Å². The molecule has 2 heterocycles. The summed E-state index contributed by atoms with van der Waals surface area (Å²) in [5.74, 6) is 2.80. The van der Waals surface area contributed by atoms with Gasteiger partial charge in [-0.2, -0.15) is 0 Å². The summed E-state index contributed by atoms with van der Waals surface area (Å²) in [4.78, 5) is 26.6. The molecule has 3 aromatic rings. The minimum absolute atomic E-state index is 0.0268. The predicted octanol–water partition coefficient (Wildman–Crippen LogP) is 3.74. The first-order valence-electron chi connectivity index (χ1n) is 10.7. The first kappa shape index (κ1) is 21.6. The van der Waals surface area contributed by atoms with Gasteiger partial charge in [0.1, 0.15) is 17.3 Å². The molecule has 32 heavy (non-hydrogen) atoms. The molecule has 0 radical (unpaired) electrons. The lowest BCUT2D eigenvalue weighted by Crippen LogP contribution is -2.49. The van der Waals surface area contributed by atoms with E-state index in [1.54, 1.807) is 32.4 Å². The van der Waals surface area contributed by atoms with E-state index in [-0.39, 0.29) is 5.91 Å². The van der Waals surface area contributed by atoms with Crippen molar-refractivity contribution in [3.8, 4) is 22.9 Å². The van der Waals surface area contributed by atoms with Gasteiger partial charge in [-0.15, -0.1) is 0 Å². The van der Waals surface area contributed by atoms with E-state index < -0.39 is 0 Å². The van der Waals surface area contributed by atoms with Crippen LogP contribution in [0.1, 0.15) is 21.6 Å². The monoisotopic (exact) mass is 432 g/mol. The zero-order valence-electron chi connectivity index (χ0n) is 19.0. The van der Waals surface area contributed by atoms with Gasteiger partial charge in [0.15, 0.2) is 5.82 Å². The molecule has 7 heteroatoms. The molecule has 1 aromatic heterocycles. The molecule has 0 atom stereocenters. The second kappa shape index (κ2) is 9.26. The summed E-state index contributed by atoms with van der Waals surface area (Å²) in [5.41, 5.74) is 3.69. The van der Waals surface area contributed by atoms with Gasteiger partial charge in [-0.1, -0.05) is 29.8 Å². The van der Waals surface area contributed by atoms with E-state index in [2.05, 4.69) is 28.9 Å². The van der Waals surface area contributed by atoms with Crippen molar-refractivity contribution >= 4 is 11.7 Å². The van der Waals surface area contributed by atoms with Crippen LogP contribution >= 0.6 is 0 Å². The van der Waals surface area contributed by atoms with Crippen molar-refractivity contribution in [3.63, 3.8) is 0 Å². The van der Waals surface area contributed by atoms with Crippen LogP contribution < -0.4 is 14.4 Å². The van der Waals surface area contributed by atoms with E-state index in [0.29, 0.717) is 43.2 Å². The molecule has 0 aliphatic carbocycles. The molecule has 1 fully saturated rings. The molecule has 7 nitrogen and oxygen atoms in total. The number of nitrogens with zero attached hydrogens (tertiary/aromatic N) is 4. The van der Waals surface area contributed by atoms with E-state index >= 15 is 0 Å². The molecule has 1 amide bonds. The molecule has 1 aliphatic heterocycles. The molecule has 0 spiro atoms. The largest absolute Gasteiger partial charge is 0.497 e. The third-order valence-corrected chi connectivity index (χ3v) is 5.64. The quantitative estimate of drug-likeness (QED) is 0.612. The summed E-state index contributed by atoms with van der Waals surface area (Å²) in [6.45, 7) is 6.68. The van der Waals surface area contributed by atoms with Crippen LogP contribution in [0.5, 0.6) is 11.5 Å². The molecule has 4 rings (SSSR count). The number of carbonyl (C=O) groups excluding carboxylic acids is 1. The Labute approximate surface area is 188 Å². The van der Waals surface area contributed by atoms with Gasteiger partial charge in [0.25, 0.3) is 5.91 Å². The highest BCUT2D eigenvalue weighted by atomic mass is 16.5. The number of methoxy groups -OCH3 is 2. The molecule has 0 saturated carbocycles. The van der Waals surface area contributed by atoms with Crippen molar-refractivity contribution < 1.29 is 14.3 Å². The molecule has 1 aliphatic rings. The Kier molecular flexibility index (Phi) is 6.25. The molecule has 0 unspecified atom stereocenters. The molecule has 2 aromatic carbocycles. The third-order valence-electron chi connectivity index (χ3n) is 5.64. The maximum Gasteiger partial charge on any atom is 0.254 e. The highest BCUT2D eigenvalue weighted by Gasteiger charge is 2.24. The first-order chi connectivity index (χ1) is 15.5. The Morgan fingerprint density at radius 2 is 1.47 bits per heavy atom. The number of hydrogen-bond donors (Lipinski definition) is 0. The summed E-state index contributed by atoms with van der Waals surface area (Å²) < 4.78 is 10.6. The Morgan fingerprint density at radius 1 is 0.844 bits per heavy atom. The summed E-state index contributed by atoms with van der Waals surface area (Å²) in [7, 11) is 3.16. The van der Waals surface area contributed by atoms with E-state index in [0.717, 1.165) is 22.9 Å². The van der Waals surface area contributed by atoms with Crippen molar-refractivity contribution in [1.82, 2.24) is 14.9 Å².